The normalized spacial score (nSPS) is 10.0. The van der Waals surface area contributed by atoms with E-state index >= 15 is 0 Å². The second kappa shape index (κ2) is 9.76. The second-order valence-electron chi connectivity index (χ2n) is 6.18. The Kier molecular flexibility index (Phi) is 6.66. The third kappa shape index (κ3) is 5.39. The number of benzene rings is 3. The van der Waals surface area contributed by atoms with E-state index in [1.807, 2.05) is 0 Å². The lowest BCUT2D eigenvalue weighted by Gasteiger charge is -2.17. The van der Waals surface area contributed by atoms with Crippen molar-refractivity contribution in [3.63, 3.8) is 0 Å². The number of aromatic carboxylic acids is 2. The average molecular weight is 436 g/mol. The van der Waals surface area contributed by atoms with Gasteiger partial charge in [-0.3, -0.25) is 10.6 Å². The zero-order valence-electron chi connectivity index (χ0n) is 16.3. The summed E-state index contributed by atoms with van der Waals surface area (Å²) in [6.07, 6.45) is -2.19. The van der Waals surface area contributed by atoms with Crippen molar-refractivity contribution in [2.45, 2.75) is 0 Å². The number of anilines is 2. The van der Waals surface area contributed by atoms with Crippen molar-refractivity contribution in [3.8, 4) is 11.5 Å². The second-order valence-corrected chi connectivity index (χ2v) is 6.18. The summed E-state index contributed by atoms with van der Waals surface area (Å²) in [6, 6.07) is 17.8. The minimum Gasteiger partial charge on any atom is -0.478 e. The van der Waals surface area contributed by atoms with Crippen LogP contribution in [0.15, 0.2) is 72.8 Å². The number of carbonyl (C=O) groups excluding carboxylic acids is 2. The van der Waals surface area contributed by atoms with E-state index in [9.17, 15) is 29.4 Å². The predicted octanol–water partition coefficient (Wildman–Crippen LogP) is 4.30. The standard InChI is InChI=1S/C22H16N2O8/c25-19(26)15-11-12-16(20(27)28)18(24-22(30)32-14-9-5-2-6-10-14)17(15)23-21(29)31-13-7-3-1-4-8-13/h1-12H,(H,23,29)(H,24,30)(H,25,26)(H,27,28). The lowest BCUT2D eigenvalue weighted by molar-refractivity contribution is 0.0682. The van der Waals surface area contributed by atoms with Gasteiger partial charge in [-0.1, -0.05) is 36.4 Å². The van der Waals surface area contributed by atoms with E-state index < -0.39 is 46.6 Å². The van der Waals surface area contributed by atoms with Crippen LogP contribution >= 0.6 is 0 Å². The van der Waals surface area contributed by atoms with Crippen LogP contribution < -0.4 is 20.1 Å². The van der Waals surface area contributed by atoms with Gasteiger partial charge in [0.05, 0.1) is 22.5 Å². The van der Waals surface area contributed by atoms with Gasteiger partial charge in [-0.25, -0.2) is 19.2 Å². The van der Waals surface area contributed by atoms with E-state index in [1.165, 1.54) is 24.3 Å². The Balaban J connectivity index is 1.96. The van der Waals surface area contributed by atoms with Crippen molar-refractivity contribution in [1.29, 1.82) is 0 Å². The summed E-state index contributed by atoms with van der Waals surface area (Å²) < 4.78 is 10.1. The van der Waals surface area contributed by atoms with E-state index in [-0.39, 0.29) is 11.5 Å². The SMILES string of the molecule is O=C(Nc1c(C(=O)O)ccc(C(=O)O)c1NC(=O)Oc1ccccc1)Oc1ccccc1. The Hall–Kier alpha value is -4.86. The molecule has 0 aromatic heterocycles. The zero-order chi connectivity index (χ0) is 23.1. The molecule has 2 amide bonds. The molecule has 10 heteroatoms. The summed E-state index contributed by atoms with van der Waals surface area (Å²) in [5.41, 5.74) is -1.92. The quantitative estimate of drug-likeness (QED) is 0.446. The number of carboxylic acid groups (broad SMARTS) is 2. The van der Waals surface area contributed by atoms with E-state index in [2.05, 4.69) is 10.6 Å². The van der Waals surface area contributed by atoms with Crippen LogP contribution in [0.5, 0.6) is 11.5 Å². The highest BCUT2D eigenvalue weighted by molar-refractivity contribution is 6.11. The van der Waals surface area contributed by atoms with Crippen molar-refractivity contribution in [2.75, 3.05) is 10.6 Å². The molecule has 3 aromatic carbocycles. The lowest BCUT2D eigenvalue weighted by Crippen LogP contribution is -2.24. The fraction of sp³-hybridized carbons (Fsp3) is 0. The molecule has 0 bridgehead atoms. The molecule has 4 N–H and O–H groups in total. The monoisotopic (exact) mass is 436 g/mol. The van der Waals surface area contributed by atoms with Crippen molar-refractivity contribution in [2.24, 2.45) is 0 Å². The predicted molar refractivity (Wildman–Crippen MR) is 113 cm³/mol. The van der Waals surface area contributed by atoms with E-state index in [1.54, 1.807) is 36.4 Å². The molecule has 0 aliphatic heterocycles. The maximum Gasteiger partial charge on any atom is 0.417 e. The maximum atomic E-state index is 12.3. The first-order chi connectivity index (χ1) is 15.3. The Bertz CT molecular complexity index is 1070. The molecular formula is C22H16N2O8. The van der Waals surface area contributed by atoms with Crippen LogP contribution in [-0.2, 0) is 0 Å². The van der Waals surface area contributed by atoms with Gasteiger partial charge in [0.2, 0.25) is 0 Å². The van der Waals surface area contributed by atoms with Gasteiger partial charge in [0.15, 0.2) is 0 Å². The molecule has 0 atom stereocenters. The third-order valence-electron chi connectivity index (χ3n) is 4.03. The van der Waals surface area contributed by atoms with Gasteiger partial charge in [-0.2, -0.15) is 0 Å². The molecule has 3 aromatic rings. The lowest BCUT2D eigenvalue weighted by atomic mass is 10.1. The molecule has 0 saturated heterocycles. The molecular weight excluding hydrogens is 420 g/mol. The molecule has 0 aliphatic carbocycles. The highest BCUT2D eigenvalue weighted by atomic mass is 16.6. The number of amides is 2. The molecule has 0 radical (unpaired) electrons. The average Bonchev–Trinajstić information content (AvgIpc) is 2.75. The Morgan fingerprint density at radius 3 is 1.22 bits per heavy atom. The number of ether oxygens (including phenoxy) is 2. The summed E-state index contributed by atoms with van der Waals surface area (Å²) >= 11 is 0. The van der Waals surface area contributed by atoms with E-state index in [0.29, 0.717) is 0 Å². The highest BCUT2D eigenvalue weighted by Gasteiger charge is 2.25. The number of rotatable bonds is 6. The van der Waals surface area contributed by atoms with Crippen LogP contribution in [0.2, 0.25) is 0 Å². The molecule has 0 unspecified atom stereocenters. The first-order valence-electron chi connectivity index (χ1n) is 9.06. The zero-order valence-corrected chi connectivity index (χ0v) is 16.3. The van der Waals surface area contributed by atoms with Gasteiger partial charge < -0.3 is 19.7 Å². The van der Waals surface area contributed by atoms with Crippen molar-refractivity contribution in [3.05, 3.63) is 83.9 Å². The molecule has 0 fully saturated rings. The summed E-state index contributed by atoms with van der Waals surface area (Å²) in [5, 5.41) is 23.4. The van der Waals surface area contributed by atoms with Gasteiger partial charge in [-0.05, 0) is 36.4 Å². The van der Waals surface area contributed by atoms with Gasteiger partial charge in [0, 0.05) is 0 Å². The minimum absolute atomic E-state index is 0.161. The van der Waals surface area contributed by atoms with E-state index in [4.69, 9.17) is 9.47 Å². The Morgan fingerprint density at radius 1 is 0.562 bits per heavy atom. The fourth-order valence-electron chi connectivity index (χ4n) is 2.67. The van der Waals surface area contributed by atoms with Gasteiger partial charge in [-0.15, -0.1) is 0 Å². The molecule has 0 saturated carbocycles. The summed E-state index contributed by atoms with van der Waals surface area (Å²) in [6.45, 7) is 0. The van der Waals surface area contributed by atoms with Crippen molar-refractivity contribution < 1.29 is 38.9 Å². The van der Waals surface area contributed by atoms with Crippen molar-refractivity contribution >= 4 is 35.5 Å². The van der Waals surface area contributed by atoms with Crippen LogP contribution in [0.25, 0.3) is 0 Å². The number of carbonyl (C=O) groups is 4. The number of carboxylic acids is 2. The molecule has 162 valence electrons. The number of nitrogens with one attached hydrogen (secondary N) is 2. The third-order valence-corrected chi connectivity index (χ3v) is 4.03. The minimum atomic E-state index is -1.48. The smallest absolute Gasteiger partial charge is 0.417 e. The van der Waals surface area contributed by atoms with Gasteiger partial charge in [0.1, 0.15) is 11.5 Å². The largest absolute Gasteiger partial charge is 0.478 e. The number of para-hydroxylation sites is 2. The van der Waals surface area contributed by atoms with Crippen molar-refractivity contribution in [1.82, 2.24) is 0 Å². The first kappa shape index (κ1) is 21.8. The number of hydrogen-bond donors (Lipinski definition) is 4. The van der Waals surface area contributed by atoms with Crippen LogP contribution in [0, 0.1) is 0 Å². The highest BCUT2D eigenvalue weighted by Crippen LogP contribution is 2.32. The Morgan fingerprint density at radius 2 is 0.906 bits per heavy atom. The molecule has 0 heterocycles. The number of hydrogen-bond acceptors (Lipinski definition) is 6. The topological polar surface area (TPSA) is 151 Å². The molecule has 3 rings (SSSR count). The first-order valence-corrected chi connectivity index (χ1v) is 9.06. The van der Waals surface area contributed by atoms with Gasteiger partial charge in [0.25, 0.3) is 0 Å². The fourth-order valence-corrected chi connectivity index (χ4v) is 2.67. The van der Waals surface area contributed by atoms with Crippen LogP contribution in [0.1, 0.15) is 20.7 Å². The summed E-state index contributed by atoms with van der Waals surface area (Å²) in [4.78, 5) is 48.1. The van der Waals surface area contributed by atoms with Crippen LogP contribution in [-0.4, -0.2) is 34.3 Å². The molecule has 0 aliphatic rings. The Labute approximate surface area is 181 Å². The molecule has 10 nitrogen and oxygen atoms in total. The van der Waals surface area contributed by atoms with Gasteiger partial charge >= 0.3 is 24.1 Å². The summed E-state index contributed by atoms with van der Waals surface area (Å²) in [5.74, 6) is -2.63. The van der Waals surface area contributed by atoms with E-state index in [0.717, 1.165) is 12.1 Å². The summed E-state index contributed by atoms with van der Waals surface area (Å²) in [7, 11) is 0. The van der Waals surface area contributed by atoms with Crippen LogP contribution in [0.4, 0.5) is 21.0 Å². The van der Waals surface area contributed by atoms with Crippen LogP contribution in [0.3, 0.4) is 0 Å². The molecule has 0 spiro atoms. The molecule has 32 heavy (non-hydrogen) atoms. The maximum absolute atomic E-state index is 12.3.